The summed E-state index contributed by atoms with van der Waals surface area (Å²) in [6, 6.07) is 8.39. The van der Waals surface area contributed by atoms with Gasteiger partial charge in [-0.05, 0) is 24.1 Å². The summed E-state index contributed by atoms with van der Waals surface area (Å²) < 4.78 is 4.67. The Bertz CT molecular complexity index is 643. The van der Waals surface area contributed by atoms with Gasteiger partial charge in [0.1, 0.15) is 5.54 Å². The van der Waals surface area contributed by atoms with Gasteiger partial charge in [0.05, 0.1) is 7.11 Å². The first kappa shape index (κ1) is 19.8. The number of ether oxygens (including phenoxy) is 1. The monoisotopic (exact) mass is 373 g/mol. The molecule has 3 rings (SSSR count). The van der Waals surface area contributed by atoms with E-state index in [0.29, 0.717) is 19.4 Å². The lowest BCUT2D eigenvalue weighted by molar-refractivity contribution is -0.141. The van der Waals surface area contributed by atoms with Crippen LogP contribution in [0.1, 0.15) is 30.9 Å². The minimum absolute atomic E-state index is 0.0912. The maximum absolute atomic E-state index is 13.3. The number of carbonyl (C=O) groups excluding carboxylic acids is 2. The van der Waals surface area contributed by atoms with E-state index in [-0.39, 0.29) is 11.9 Å². The van der Waals surface area contributed by atoms with Gasteiger partial charge in [0.25, 0.3) is 0 Å². The molecular formula is C21H31N3O3. The van der Waals surface area contributed by atoms with Gasteiger partial charge in [-0.25, -0.2) is 0 Å². The van der Waals surface area contributed by atoms with Gasteiger partial charge in [-0.1, -0.05) is 31.2 Å². The summed E-state index contributed by atoms with van der Waals surface area (Å²) in [5.74, 6) is -0.142. The molecule has 1 fully saturated rings. The Balaban J connectivity index is 1.69. The number of esters is 1. The molecule has 0 aromatic heterocycles. The molecular weight excluding hydrogens is 342 g/mol. The van der Waals surface area contributed by atoms with E-state index in [1.807, 2.05) is 0 Å². The van der Waals surface area contributed by atoms with Crippen LogP contribution in [0.15, 0.2) is 24.3 Å². The van der Waals surface area contributed by atoms with Gasteiger partial charge in [-0.15, -0.1) is 0 Å². The van der Waals surface area contributed by atoms with Crippen LogP contribution >= 0.6 is 0 Å². The number of fused-ring (bicyclic) bond motifs is 1. The van der Waals surface area contributed by atoms with Gasteiger partial charge in [-0.3, -0.25) is 14.5 Å². The molecule has 27 heavy (non-hydrogen) atoms. The van der Waals surface area contributed by atoms with Crippen molar-refractivity contribution >= 4 is 11.9 Å². The van der Waals surface area contributed by atoms with Crippen LogP contribution in [0.5, 0.6) is 0 Å². The Kier molecular flexibility index (Phi) is 6.50. The maximum atomic E-state index is 13.3. The van der Waals surface area contributed by atoms with Gasteiger partial charge >= 0.3 is 5.97 Å². The van der Waals surface area contributed by atoms with E-state index < -0.39 is 5.54 Å². The summed E-state index contributed by atoms with van der Waals surface area (Å²) >= 11 is 0. The topological polar surface area (TPSA) is 61.9 Å². The lowest BCUT2D eigenvalue weighted by Crippen LogP contribution is -2.64. The van der Waals surface area contributed by atoms with Gasteiger partial charge in [0.15, 0.2) is 0 Å². The molecule has 1 aliphatic heterocycles. The van der Waals surface area contributed by atoms with Gasteiger partial charge in [0, 0.05) is 52.0 Å². The number of rotatable bonds is 7. The van der Waals surface area contributed by atoms with Gasteiger partial charge in [-0.2, -0.15) is 0 Å². The van der Waals surface area contributed by atoms with Crippen molar-refractivity contribution in [3.63, 3.8) is 0 Å². The lowest BCUT2D eigenvalue weighted by atomic mass is 9.90. The average molecular weight is 373 g/mol. The molecule has 148 valence electrons. The summed E-state index contributed by atoms with van der Waals surface area (Å²) in [4.78, 5) is 29.4. The number of nitrogens with zero attached hydrogens (tertiary/aromatic N) is 2. The second kappa shape index (κ2) is 8.85. The molecule has 1 amide bonds. The van der Waals surface area contributed by atoms with Crippen molar-refractivity contribution in [3.8, 4) is 0 Å². The fourth-order valence-electron chi connectivity index (χ4n) is 4.32. The van der Waals surface area contributed by atoms with Gasteiger partial charge in [0.2, 0.25) is 5.91 Å². The normalized spacial score (nSPS) is 19.5. The molecule has 0 bridgehead atoms. The SMILES string of the molecule is CCN1CCN(C2(C(=O)NCCCC(=O)OC)Cc3ccccc3C2)CC1. The molecule has 6 heteroatoms. The van der Waals surface area contributed by atoms with Crippen LogP contribution in [-0.2, 0) is 27.2 Å². The van der Waals surface area contributed by atoms with Crippen molar-refractivity contribution in [2.45, 2.75) is 38.1 Å². The minimum atomic E-state index is -0.505. The summed E-state index contributed by atoms with van der Waals surface area (Å²) in [5.41, 5.74) is 2.05. The Morgan fingerprint density at radius 1 is 1.11 bits per heavy atom. The van der Waals surface area contributed by atoms with E-state index in [2.05, 4.69) is 51.0 Å². The third-order valence-electron chi connectivity index (χ3n) is 6.00. The number of methoxy groups -OCH3 is 1. The van der Waals surface area contributed by atoms with Crippen molar-refractivity contribution < 1.29 is 14.3 Å². The van der Waals surface area contributed by atoms with Crippen LogP contribution in [0.3, 0.4) is 0 Å². The lowest BCUT2D eigenvalue weighted by Gasteiger charge is -2.44. The number of nitrogens with one attached hydrogen (secondary N) is 1. The molecule has 1 aromatic rings. The smallest absolute Gasteiger partial charge is 0.305 e. The van der Waals surface area contributed by atoms with Gasteiger partial charge < -0.3 is 15.0 Å². The highest BCUT2D eigenvalue weighted by atomic mass is 16.5. The molecule has 0 spiro atoms. The van der Waals surface area contributed by atoms with Crippen molar-refractivity contribution in [3.05, 3.63) is 35.4 Å². The van der Waals surface area contributed by atoms with Crippen molar-refractivity contribution in [1.29, 1.82) is 0 Å². The number of amides is 1. The zero-order chi connectivity index (χ0) is 19.3. The van der Waals surface area contributed by atoms with Crippen LogP contribution in [0.4, 0.5) is 0 Å². The number of hydrogen-bond donors (Lipinski definition) is 1. The highest BCUT2D eigenvalue weighted by Crippen LogP contribution is 2.35. The van der Waals surface area contributed by atoms with E-state index in [9.17, 15) is 9.59 Å². The molecule has 1 saturated heterocycles. The van der Waals surface area contributed by atoms with Crippen LogP contribution in [0.25, 0.3) is 0 Å². The van der Waals surface area contributed by atoms with Crippen LogP contribution in [-0.4, -0.2) is 73.6 Å². The summed E-state index contributed by atoms with van der Waals surface area (Å²) in [5, 5.41) is 3.10. The number of carbonyl (C=O) groups is 2. The second-order valence-electron chi connectivity index (χ2n) is 7.51. The van der Waals surface area contributed by atoms with E-state index in [4.69, 9.17) is 0 Å². The number of hydrogen-bond acceptors (Lipinski definition) is 5. The first-order valence-corrected chi connectivity index (χ1v) is 9.98. The Hall–Kier alpha value is -1.92. The molecule has 1 N–H and O–H groups in total. The predicted octanol–water partition coefficient (Wildman–Crippen LogP) is 1.23. The predicted molar refractivity (Wildman–Crippen MR) is 105 cm³/mol. The minimum Gasteiger partial charge on any atom is -0.469 e. The second-order valence-corrected chi connectivity index (χ2v) is 7.51. The van der Waals surface area contributed by atoms with Crippen molar-refractivity contribution in [1.82, 2.24) is 15.1 Å². The summed E-state index contributed by atoms with van der Waals surface area (Å²) in [7, 11) is 1.39. The quantitative estimate of drug-likeness (QED) is 0.575. The summed E-state index contributed by atoms with van der Waals surface area (Å²) in [6.07, 6.45) is 2.46. The first-order chi connectivity index (χ1) is 13.1. The zero-order valence-corrected chi connectivity index (χ0v) is 16.5. The van der Waals surface area contributed by atoms with Crippen molar-refractivity contribution in [2.24, 2.45) is 0 Å². The molecule has 0 radical (unpaired) electrons. The standard InChI is InChI=1S/C21H31N3O3/c1-3-23-11-13-24(14-12-23)21(15-17-7-4-5-8-18(17)16-21)20(26)22-10-6-9-19(25)27-2/h4-5,7-8H,3,6,9-16H2,1-2H3,(H,22,26). The molecule has 1 aliphatic carbocycles. The molecule has 0 atom stereocenters. The third-order valence-corrected chi connectivity index (χ3v) is 6.00. The number of benzene rings is 1. The maximum Gasteiger partial charge on any atom is 0.305 e. The molecule has 0 saturated carbocycles. The summed E-state index contributed by atoms with van der Waals surface area (Å²) in [6.45, 7) is 7.58. The highest BCUT2D eigenvalue weighted by Gasteiger charge is 2.48. The van der Waals surface area contributed by atoms with Crippen LogP contribution in [0.2, 0.25) is 0 Å². The molecule has 1 heterocycles. The first-order valence-electron chi connectivity index (χ1n) is 9.98. The molecule has 1 aromatic carbocycles. The molecule has 6 nitrogen and oxygen atoms in total. The number of piperazine rings is 1. The average Bonchev–Trinajstić information content (AvgIpc) is 3.11. The van der Waals surface area contributed by atoms with Crippen LogP contribution in [0, 0.1) is 0 Å². The number of likely N-dealkylation sites (N-methyl/N-ethyl adjacent to an activating group) is 1. The molecule has 2 aliphatic rings. The fraction of sp³-hybridized carbons (Fsp3) is 0.619. The Morgan fingerprint density at radius 2 is 1.74 bits per heavy atom. The Labute approximate surface area is 161 Å². The largest absolute Gasteiger partial charge is 0.469 e. The third kappa shape index (κ3) is 4.33. The van der Waals surface area contributed by atoms with Crippen LogP contribution < -0.4 is 5.32 Å². The fourth-order valence-corrected chi connectivity index (χ4v) is 4.32. The zero-order valence-electron chi connectivity index (χ0n) is 16.5. The van der Waals surface area contributed by atoms with E-state index >= 15 is 0 Å². The van der Waals surface area contributed by atoms with Crippen molar-refractivity contribution in [2.75, 3.05) is 46.4 Å². The highest BCUT2D eigenvalue weighted by molar-refractivity contribution is 5.88. The van der Waals surface area contributed by atoms with E-state index in [1.54, 1.807) is 0 Å². The molecule has 0 unspecified atom stereocenters. The van der Waals surface area contributed by atoms with E-state index in [0.717, 1.165) is 45.6 Å². The Morgan fingerprint density at radius 3 is 2.30 bits per heavy atom. The van der Waals surface area contributed by atoms with E-state index in [1.165, 1.54) is 18.2 Å².